The van der Waals surface area contributed by atoms with Crippen molar-refractivity contribution in [2.24, 2.45) is 46.3 Å². The van der Waals surface area contributed by atoms with E-state index in [2.05, 4.69) is 26.1 Å². The molecular formula is C26H44NNaO6S. The second kappa shape index (κ2) is 11.2. The number of aliphatic hydroxyl groups excluding tert-OH is 2. The number of nitrogens with one attached hydrogen (secondary N) is 1. The van der Waals surface area contributed by atoms with Crippen LogP contribution in [0.1, 0.15) is 85.0 Å². The minimum Gasteiger partial charge on any atom is -0.748 e. The molecule has 0 spiro atoms. The first-order valence-corrected chi connectivity index (χ1v) is 15.0. The first-order valence-electron chi connectivity index (χ1n) is 13.4. The molecule has 4 aliphatic carbocycles. The van der Waals surface area contributed by atoms with Crippen molar-refractivity contribution in [3.63, 3.8) is 0 Å². The van der Waals surface area contributed by atoms with Gasteiger partial charge in [-0.15, -0.1) is 0 Å². The molecule has 4 aliphatic rings. The monoisotopic (exact) mass is 521 g/mol. The average Bonchev–Trinajstić information content (AvgIpc) is 3.09. The van der Waals surface area contributed by atoms with Crippen molar-refractivity contribution in [3.05, 3.63) is 0 Å². The molecule has 1 amide bonds. The molecule has 7 nitrogen and oxygen atoms in total. The normalized spacial score (nSPS) is 43.8. The van der Waals surface area contributed by atoms with Crippen molar-refractivity contribution in [3.8, 4) is 0 Å². The van der Waals surface area contributed by atoms with E-state index in [9.17, 15) is 28.0 Å². The number of carbonyl (C=O) groups excluding carboxylic acids is 1. The second-order valence-electron chi connectivity index (χ2n) is 12.6. The van der Waals surface area contributed by atoms with Gasteiger partial charge in [-0.05, 0) is 104 Å². The van der Waals surface area contributed by atoms with Crippen molar-refractivity contribution in [2.75, 3.05) is 12.3 Å². The van der Waals surface area contributed by atoms with E-state index >= 15 is 0 Å². The number of aliphatic hydroxyl groups is 2. The van der Waals surface area contributed by atoms with Crippen LogP contribution in [0, 0.1) is 46.3 Å². The SMILES string of the molecule is CC(CCC(=O)NCCS(=O)(=O)[O-])[C@H]1CCC2C3C(CC[C@@]21C)[C@@]1(C)CC[C@@H](O)CC1C[C@@H]3O.[Na+]. The van der Waals surface area contributed by atoms with Crippen molar-refractivity contribution >= 4 is 16.0 Å². The number of hydrogen-bond donors (Lipinski definition) is 3. The van der Waals surface area contributed by atoms with Gasteiger partial charge in [0.2, 0.25) is 5.91 Å². The van der Waals surface area contributed by atoms with Crippen molar-refractivity contribution < 1.29 is 57.5 Å². The Bertz CT molecular complexity index is 870. The first kappa shape index (κ1) is 29.9. The predicted molar refractivity (Wildman–Crippen MR) is 129 cm³/mol. The van der Waals surface area contributed by atoms with Crippen LogP contribution < -0.4 is 34.9 Å². The van der Waals surface area contributed by atoms with Crippen LogP contribution in [-0.2, 0) is 14.9 Å². The molecule has 0 aromatic carbocycles. The quantitative estimate of drug-likeness (QED) is 0.321. The summed E-state index contributed by atoms with van der Waals surface area (Å²) in [5, 5.41) is 24.2. The molecule has 0 aromatic rings. The summed E-state index contributed by atoms with van der Waals surface area (Å²) in [7, 11) is -4.31. The van der Waals surface area contributed by atoms with Crippen molar-refractivity contribution in [2.45, 2.75) is 97.2 Å². The van der Waals surface area contributed by atoms with E-state index in [-0.39, 0.29) is 65.0 Å². The van der Waals surface area contributed by atoms with E-state index in [0.717, 1.165) is 51.4 Å². The van der Waals surface area contributed by atoms with Gasteiger partial charge in [0.25, 0.3) is 0 Å². The third kappa shape index (κ3) is 5.99. The fourth-order valence-electron chi connectivity index (χ4n) is 9.14. The van der Waals surface area contributed by atoms with Crippen LogP contribution in [0.2, 0.25) is 0 Å². The molecule has 4 saturated carbocycles. The zero-order chi connectivity index (χ0) is 24.9. The summed E-state index contributed by atoms with van der Waals surface area (Å²) in [6.07, 6.45) is 8.78. The molecular weight excluding hydrogens is 477 g/mol. The largest absolute Gasteiger partial charge is 1.00 e. The molecule has 0 saturated heterocycles. The zero-order valence-electron chi connectivity index (χ0n) is 22.0. The maximum absolute atomic E-state index is 12.2. The summed E-state index contributed by atoms with van der Waals surface area (Å²) in [4.78, 5) is 12.2. The Labute approximate surface area is 233 Å². The molecule has 9 heteroatoms. The van der Waals surface area contributed by atoms with Gasteiger partial charge in [0.15, 0.2) is 0 Å². The van der Waals surface area contributed by atoms with Crippen LogP contribution in [0.25, 0.3) is 0 Å². The number of rotatable bonds is 7. The van der Waals surface area contributed by atoms with E-state index in [1.165, 1.54) is 6.42 Å². The van der Waals surface area contributed by atoms with Gasteiger partial charge in [-0.1, -0.05) is 20.8 Å². The Morgan fingerprint density at radius 1 is 1.06 bits per heavy atom. The van der Waals surface area contributed by atoms with Gasteiger partial charge >= 0.3 is 29.6 Å². The van der Waals surface area contributed by atoms with Crippen LogP contribution in [0.15, 0.2) is 0 Å². The summed E-state index contributed by atoms with van der Waals surface area (Å²) in [6, 6.07) is 0. The third-order valence-electron chi connectivity index (χ3n) is 10.9. The van der Waals surface area contributed by atoms with E-state index in [0.29, 0.717) is 41.9 Å². The average molecular weight is 522 g/mol. The molecule has 3 N–H and O–H groups in total. The van der Waals surface area contributed by atoms with Gasteiger partial charge in [0.1, 0.15) is 0 Å². The maximum Gasteiger partial charge on any atom is 1.00 e. The number of carbonyl (C=O) groups is 1. The standard InChI is InChI=1S/C26H45NO6S.Na/c1-16(4-7-23(30)27-12-13-34(31,32)33)19-5-6-20-24-21(9-11-26(19,20)3)25(2)10-8-18(28)14-17(25)15-22(24)29;/h16-22,24,28-29H,4-15H2,1-3H3,(H,27,30)(H,31,32,33);/q;+1/p-1/t16?,17?,18-,19-,20?,21?,22+,24?,25+,26-;/m1./s1. The minimum atomic E-state index is -4.31. The summed E-state index contributed by atoms with van der Waals surface area (Å²) < 4.78 is 32.2. The smallest absolute Gasteiger partial charge is 0.748 e. The van der Waals surface area contributed by atoms with Crippen LogP contribution in [0.4, 0.5) is 0 Å². The number of hydrogen-bond acceptors (Lipinski definition) is 6. The number of fused-ring (bicyclic) bond motifs is 5. The van der Waals surface area contributed by atoms with Crippen LogP contribution in [-0.4, -0.2) is 53.6 Å². The summed E-state index contributed by atoms with van der Waals surface area (Å²) >= 11 is 0. The third-order valence-corrected chi connectivity index (χ3v) is 11.6. The van der Waals surface area contributed by atoms with Gasteiger partial charge in [0, 0.05) is 13.0 Å². The number of amides is 1. The predicted octanol–water partition coefficient (Wildman–Crippen LogP) is 0.0587. The molecule has 0 aliphatic heterocycles. The Morgan fingerprint density at radius 3 is 2.40 bits per heavy atom. The molecule has 196 valence electrons. The molecule has 4 rings (SSSR count). The van der Waals surface area contributed by atoms with E-state index < -0.39 is 15.9 Å². The van der Waals surface area contributed by atoms with Gasteiger partial charge in [-0.3, -0.25) is 4.79 Å². The molecule has 0 heterocycles. The van der Waals surface area contributed by atoms with Crippen molar-refractivity contribution in [1.29, 1.82) is 0 Å². The Balaban J connectivity index is 0.00000342. The zero-order valence-corrected chi connectivity index (χ0v) is 24.9. The fourth-order valence-corrected chi connectivity index (χ4v) is 9.49. The second-order valence-corrected chi connectivity index (χ2v) is 14.1. The van der Waals surface area contributed by atoms with E-state index in [4.69, 9.17) is 0 Å². The van der Waals surface area contributed by atoms with Crippen molar-refractivity contribution in [1.82, 2.24) is 5.32 Å². The molecule has 10 atom stereocenters. The van der Waals surface area contributed by atoms with Gasteiger partial charge in [-0.25, -0.2) is 8.42 Å². The molecule has 0 aromatic heterocycles. The summed E-state index contributed by atoms with van der Waals surface area (Å²) in [6.45, 7) is 6.96. The molecule has 5 unspecified atom stereocenters. The topological polar surface area (TPSA) is 127 Å². The Morgan fingerprint density at radius 2 is 1.71 bits per heavy atom. The van der Waals surface area contributed by atoms with E-state index in [1.54, 1.807) is 0 Å². The summed E-state index contributed by atoms with van der Waals surface area (Å²) in [5.74, 6) is 1.92. The van der Waals surface area contributed by atoms with Gasteiger partial charge < -0.3 is 20.1 Å². The Kier molecular flexibility index (Phi) is 9.54. The Hall–Kier alpha value is 0.300. The minimum absolute atomic E-state index is 0. The van der Waals surface area contributed by atoms with Gasteiger partial charge in [-0.2, -0.15) is 0 Å². The molecule has 0 radical (unpaired) electrons. The van der Waals surface area contributed by atoms with Crippen LogP contribution >= 0.6 is 0 Å². The van der Waals surface area contributed by atoms with Crippen LogP contribution in [0.5, 0.6) is 0 Å². The fraction of sp³-hybridized carbons (Fsp3) is 0.962. The first-order chi connectivity index (χ1) is 15.8. The summed E-state index contributed by atoms with van der Waals surface area (Å²) in [5.41, 5.74) is 0.399. The molecule has 0 bridgehead atoms. The van der Waals surface area contributed by atoms with Gasteiger partial charge in [0.05, 0.1) is 28.1 Å². The molecule has 35 heavy (non-hydrogen) atoms. The maximum atomic E-state index is 12.2. The van der Waals surface area contributed by atoms with Crippen LogP contribution in [0.3, 0.4) is 0 Å². The molecule has 4 fully saturated rings. The van der Waals surface area contributed by atoms with E-state index in [1.807, 2.05) is 0 Å².